The Hall–Kier alpha value is -3.15. The number of fused-ring (bicyclic) bond motifs is 1. The van der Waals surface area contributed by atoms with Crippen LogP contribution in [0, 0.1) is 10.1 Å². The van der Waals surface area contributed by atoms with Gasteiger partial charge in [0.1, 0.15) is 23.7 Å². The molecule has 0 aliphatic carbocycles. The minimum absolute atomic E-state index is 0.0680. The first kappa shape index (κ1) is 16.3. The van der Waals surface area contributed by atoms with Crippen LogP contribution in [0.25, 0.3) is 10.9 Å². The first-order chi connectivity index (χ1) is 12.7. The molecule has 1 saturated heterocycles. The third-order valence-electron chi connectivity index (χ3n) is 4.61. The van der Waals surface area contributed by atoms with Crippen LogP contribution in [0.5, 0.6) is 5.75 Å². The minimum atomic E-state index is -0.398. The largest absolute Gasteiger partial charge is 0.487 e. The predicted octanol–water partition coefficient (Wildman–Crippen LogP) is 4.32. The van der Waals surface area contributed by atoms with Crippen LogP contribution in [-0.4, -0.2) is 23.0 Å². The molecule has 1 aliphatic rings. The Morgan fingerprint density at radius 1 is 1.08 bits per heavy atom. The molecule has 6 nitrogen and oxygen atoms in total. The van der Waals surface area contributed by atoms with Crippen molar-refractivity contribution in [1.29, 1.82) is 0 Å². The summed E-state index contributed by atoms with van der Waals surface area (Å²) in [6.07, 6.45) is 2.40. The molecular weight excluding hydrogens is 330 g/mol. The summed E-state index contributed by atoms with van der Waals surface area (Å²) in [5.41, 5.74) is 1.65. The fourth-order valence-corrected chi connectivity index (χ4v) is 3.27. The molecule has 0 bridgehead atoms. The number of nitro groups is 1. The Morgan fingerprint density at radius 3 is 2.69 bits per heavy atom. The summed E-state index contributed by atoms with van der Waals surface area (Å²) in [6, 6.07) is 16.5. The number of hydrogen-bond donors (Lipinski definition) is 0. The zero-order chi connectivity index (χ0) is 17.9. The topological polar surface area (TPSA) is 68.5 Å². The van der Waals surface area contributed by atoms with Crippen molar-refractivity contribution in [3.05, 3.63) is 70.3 Å². The molecule has 2 heterocycles. The van der Waals surface area contributed by atoms with Crippen molar-refractivity contribution in [3.63, 3.8) is 0 Å². The van der Waals surface area contributed by atoms with Gasteiger partial charge in [0.2, 0.25) is 0 Å². The van der Waals surface area contributed by atoms with Crippen LogP contribution in [-0.2, 0) is 6.61 Å². The number of para-hydroxylation sites is 1. The second-order valence-corrected chi connectivity index (χ2v) is 6.41. The molecule has 4 rings (SSSR count). The lowest BCUT2D eigenvalue weighted by molar-refractivity contribution is -0.384. The molecule has 0 atom stereocenters. The summed E-state index contributed by atoms with van der Waals surface area (Å²) >= 11 is 0. The van der Waals surface area contributed by atoms with Gasteiger partial charge in [-0.3, -0.25) is 10.1 Å². The molecule has 0 spiro atoms. The number of nitrogens with zero attached hydrogens (tertiary/aromatic N) is 3. The molecule has 0 radical (unpaired) electrons. The van der Waals surface area contributed by atoms with Gasteiger partial charge in [-0.25, -0.2) is 4.98 Å². The first-order valence-electron chi connectivity index (χ1n) is 8.71. The monoisotopic (exact) mass is 349 g/mol. The van der Waals surface area contributed by atoms with E-state index in [1.54, 1.807) is 6.07 Å². The van der Waals surface area contributed by atoms with Gasteiger partial charge in [0.15, 0.2) is 0 Å². The van der Waals surface area contributed by atoms with Crippen LogP contribution in [0.3, 0.4) is 0 Å². The van der Waals surface area contributed by atoms with Gasteiger partial charge in [-0.05, 0) is 36.6 Å². The Labute approximate surface area is 151 Å². The van der Waals surface area contributed by atoms with E-state index in [0.29, 0.717) is 5.75 Å². The summed E-state index contributed by atoms with van der Waals surface area (Å²) in [7, 11) is 0. The fraction of sp³-hybridized carbons (Fsp3) is 0.250. The summed E-state index contributed by atoms with van der Waals surface area (Å²) in [6.45, 7) is 2.33. The first-order valence-corrected chi connectivity index (χ1v) is 8.71. The summed E-state index contributed by atoms with van der Waals surface area (Å²) < 4.78 is 5.95. The fourth-order valence-electron chi connectivity index (χ4n) is 3.27. The Morgan fingerprint density at radius 2 is 1.88 bits per heavy atom. The highest BCUT2D eigenvalue weighted by atomic mass is 16.6. The maximum Gasteiger partial charge on any atom is 0.269 e. The normalized spacial score (nSPS) is 13.9. The van der Waals surface area contributed by atoms with Crippen molar-refractivity contribution in [2.24, 2.45) is 0 Å². The molecule has 1 aromatic heterocycles. The van der Waals surface area contributed by atoms with Gasteiger partial charge in [0, 0.05) is 30.6 Å². The summed E-state index contributed by atoms with van der Waals surface area (Å²) in [4.78, 5) is 17.6. The SMILES string of the molecule is O=[N+]([O-])c1cccc(COc2cccc3ccc(N4CCCC4)nc23)c1. The molecule has 0 saturated carbocycles. The van der Waals surface area contributed by atoms with E-state index in [1.165, 1.54) is 25.0 Å². The van der Waals surface area contributed by atoms with Crippen molar-refractivity contribution in [1.82, 2.24) is 4.98 Å². The molecule has 0 amide bonds. The van der Waals surface area contributed by atoms with Crippen molar-refractivity contribution >= 4 is 22.4 Å². The lowest BCUT2D eigenvalue weighted by Gasteiger charge is -2.17. The molecule has 1 aliphatic heterocycles. The van der Waals surface area contributed by atoms with Gasteiger partial charge in [0.25, 0.3) is 5.69 Å². The number of ether oxygens (including phenoxy) is 1. The number of anilines is 1. The molecule has 132 valence electrons. The third-order valence-corrected chi connectivity index (χ3v) is 4.61. The van der Waals surface area contributed by atoms with Gasteiger partial charge < -0.3 is 9.64 Å². The van der Waals surface area contributed by atoms with Crippen LogP contribution in [0.1, 0.15) is 18.4 Å². The quantitative estimate of drug-likeness (QED) is 0.507. The Kier molecular flexibility index (Phi) is 4.39. The number of pyridine rings is 1. The van der Waals surface area contributed by atoms with E-state index in [1.807, 2.05) is 24.3 Å². The molecule has 0 unspecified atom stereocenters. The average Bonchev–Trinajstić information content (AvgIpc) is 3.21. The van der Waals surface area contributed by atoms with Crippen LogP contribution >= 0.6 is 0 Å². The van der Waals surface area contributed by atoms with Crippen LogP contribution in [0.4, 0.5) is 11.5 Å². The Balaban J connectivity index is 1.60. The van der Waals surface area contributed by atoms with Gasteiger partial charge in [-0.1, -0.05) is 24.3 Å². The van der Waals surface area contributed by atoms with Gasteiger partial charge in [-0.2, -0.15) is 0 Å². The minimum Gasteiger partial charge on any atom is -0.487 e. The molecule has 2 aromatic carbocycles. The summed E-state index contributed by atoms with van der Waals surface area (Å²) in [5.74, 6) is 1.66. The van der Waals surface area contributed by atoms with Crippen molar-refractivity contribution in [3.8, 4) is 5.75 Å². The van der Waals surface area contributed by atoms with Crippen LogP contribution < -0.4 is 9.64 Å². The van der Waals surface area contributed by atoms with E-state index < -0.39 is 4.92 Å². The Bertz CT molecular complexity index is 952. The van der Waals surface area contributed by atoms with Crippen molar-refractivity contribution < 1.29 is 9.66 Å². The molecule has 26 heavy (non-hydrogen) atoms. The zero-order valence-corrected chi connectivity index (χ0v) is 14.3. The second kappa shape index (κ2) is 7.00. The van der Waals surface area contributed by atoms with E-state index in [4.69, 9.17) is 9.72 Å². The van der Waals surface area contributed by atoms with E-state index in [9.17, 15) is 10.1 Å². The number of rotatable bonds is 5. The number of benzene rings is 2. The highest BCUT2D eigenvalue weighted by Crippen LogP contribution is 2.28. The standard InChI is InChI=1S/C20H19N3O3/c24-23(25)17-7-3-5-15(13-17)14-26-18-8-4-6-16-9-10-19(21-20(16)18)22-11-1-2-12-22/h3-10,13H,1-2,11-12,14H2. The molecular formula is C20H19N3O3. The van der Waals surface area contributed by atoms with Gasteiger partial charge in [-0.15, -0.1) is 0 Å². The smallest absolute Gasteiger partial charge is 0.269 e. The van der Waals surface area contributed by atoms with Crippen molar-refractivity contribution in [2.45, 2.75) is 19.4 Å². The van der Waals surface area contributed by atoms with E-state index in [-0.39, 0.29) is 12.3 Å². The maximum atomic E-state index is 10.9. The third kappa shape index (κ3) is 3.31. The lowest BCUT2D eigenvalue weighted by Crippen LogP contribution is -2.18. The van der Waals surface area contributed by atoms with E-state index in [2.05, 4.69) is 17.0 Å². The number of aromatic nitrogens is 1. The van der Waals surface area contributed by atoms with Gasteiger partial charge >= 0.3 is 0 Å². The maximum absolute atomic E-state index is 10.9. The molecule has 1 fully saturated rings. The highest BCUT2D eigenvalue weighted by Gasteiger charge is 2.15. The molecule has 3 aromatic rings. The number of hydrogen-bond acceptors (Lipinski definition) is 5. The van der Waals surface area contributed by atoms with E-state index >= 15 is 0 Å². The van der Waals surface area contributed by atoms with Crippen LogP contribution in [0.2, 0.25) is 0 Å². The highest BCUT2D eigenvalue weighted by molar-refractivity contribution is 5.86. The lowest BCUT2D eigenvalue weighted by atomic mass is 10.2. The summed E-state index contributed by atoms with van der Waals surface area (Å²) in [5, 5.41) is 11.9. The van der Waals surface area contributed by atoms with Gasteiger partial charge in [0.05, 0.1) is 4.92 Å². The predicted molar refractivity (Wildman–Crippen MR) is 101 cm³/mol. The second-order valence-electron chi connectivity index (χ2n) is 6.41. The van der Waals surface area contributed by atoms with E-state index in [0.717, 1.165) is 35.4 Å². The molecule has 6 heteroatoms. The molecule has 0 N–H and O–H groups in total. The van der Waals surface area contributed by atoms with Crippen molar-refractivity contribution in [2.75, 3.05) is 18.0 Å². The average molecular weight is 349 g/mol. The number of non-ortho nitro benzene ring substituents is 1. The van der Waals surface area contributed by atoms with Crippen LogP contribution in [0.15, 0.2) is 54.6 Å². The zero-order valence-electron chi connectivity index (χ0n) is 14.3. The number of nitro benzene ring substituents is 1.